The number of quaternary nitrogens is 4. The van der Waals surface area contributed by atoms with E-state index >= 15 is 0 Å². The number of rotatable bonds is 19. The van der Waals surface area contributed by atoms with Crippen molar-refractivity contribution in [2.24, 2.45) is 5.92 Å². The molecule has 0 spiro atoms. The van der Waals surface area contributed by atoms with Crippen molar-refractivity contribution >= 4 is 17.0 Å². The van der Waals surface area contributed by atoms with Gasteiger partial charge < -0.3 is 78.4 Å². The van der Waals surface area contributed by atoms with Crippen molar-refractivity contribution in [2.75, 3.05) is 118 Å². The summed E-state index contributed by atoms with van der Waals surface area (Å²) in [4.78, 5) is 0. The Balaban J connectivity index is 0.00000310. The Morgan fingerprint density at radius 2 is 0.900 bits per heavy atom. The van der Waals surface area contributed by atoms with Crippen molar-refractivity contribution in [2.45, 2.75) is 98.8 Å². The number of halogens is 4. The number of unbranched alkanes of at least 4 members (excludes halogenated alkanes) is 6. The average Bonchev–Trinajstić information content (AvgIpc) is 3.22. The molecule has 60 heavy (non-hydrogen) atoms. The van der Waals surface area contributed by atoms with Crippen LogP contribution in [0.4, 0.5) is 0 Å². The molecule has 0 radical (unpaired) electrons. The van der Waals surface area contributed by atoms with Crippen LogP contribution < -0.4 is 60.4 Å². The third-order valence-electron chi connectivity index (χ3n) is 14.4. The van der Waals surface area contributed by atoms with Crippen LogP contribution in [0.1, 0.15) is 121 Å². The molecule has 2 aromatic carbocycles. The van der Waals surface area contributed by atoms with Crippen molar-refractivity contribution in [3.63, 3.8) is 0 Å². The summed E-state index contributed by atoms with van der Waals surface area (Å²) in [5.74, 6) is 16.1. The highest BCUT2D eigenvalue weighted by Crippen LogP contribution is 2.35. The molecule has 2 aromatic rings. The number of ether oxygens (including phenoxy) is 2. The fourth-order valence-electron chi connectivity index (χ4n) is 10.0. The average molecular weight is 1090 g/mol. The van der Waals surface area contributed by atoms with E-state index in [1.54, 1.807) is 0 Å². The van der Waals surface area contributed by atoms with Crippen LogP contribution in [0.15, 0.2) is 36.4 Å². The van der Waals surface area contributed by atoms with Crippen molar-refractivity contribution < 1.29 is 78.4 Å². The molecule has 0 N–H and O–H groups in total. The summed E-state index contributed by atoms with van der Waals surface area (Å²) in [5, 5.41) is 0. The third kappa shape index (κ3) is 15.0. The molecule has 6 saturated heterocycles. The predicted molar refractivity (Wildman–Crippen MR) is 243 cm³/mol. The molecule has 6 aliphatic rings. The second-order valence-corrected chi connectivity index (χ2v) is 19.1. The highest BCUT2D eigenvalue weighted by atomic mass is 79.9. The molecule has 6 nitrogen and oxygen atoms in total. The van der Waals surface area contributed by atoms with E-state index in [-0.39, 0.29) is 67.9 Å². The molecule has 6 fully saturated rings. The van der Waals surface area contributed by atoms with Gasteiger partial charge in [0.25, 0.3) is 0 Å². The third-order valence-corrected chi connectivity index (χ3v) is 14.4. The smallest absolute Gasteiger partial charge is 0.137 e. The second-order valence-electron chi connectivity index (χ2n) is 19.1. The Morgan fingerprint density at radius 1 is 0.500 bits per heavy atom. The monoisotopic (exact) mass is 1080 g/mol. The lowest BCUT2D eigenvalue weighted by molar-refractivity contribution is -1.08. The molecule has 0 atom stereocenters. The summed E-state index contributed by atoms with van der Waals surface area (Å²) >= 11 is 0. The number of hydrogen-bond donors (Lipinski definition) is 0. The van der Waals surface area contributed by atoms with Crippen LogP contribution in [0.25, 0.3) is 0 Å². The van der Waals surface area contributed by atoms with E-state index in [0.717, 1.165) is 54.5 Å². The van der Waals surface area contributed by atoms with Crippen molar-refractivity contribution in [1.29, 1.82) is 0 Å². The number of benzene rings is 2. The van der Waals surface area contributed by atoms with Gasteiger partial charge in [0.15, 0.2) is 0 Å². The Morgan fingerprint density at radius 3 is 1.30 bits per heavy atom. The first-order valence-corrected chi connectivity index (χ1v) is 23.1. The Hall–Kier alpha value is -1.08. The molecule has 0 aromatic heterocycles. The molecule has 0 amide bonds. The van der Waals surface area contributed by atoms with E-state index in [4.69, 9.17) is 9.47 Å². The highest BCUT2D eigenvalue weighted by molar-refractivity contribution is 8.93. The number of hydrogen-bond acceptors (Lipinski definition) is 2. The van der Waals surface area contributed by atoms with Crippen molar-refractivity contribution in [3.8, 4) is 35.2 Å². The van der Waals surface area contributed by atoms with Gasteiger partial charge in [-0.3, -0.25) is 0 Å². The minimum atomic E-state index is 0. The number of fused-ring (bicyclic) bond motifs is 6. The summed E-state index contributed by atoms with van der Waals surface area (Å²) in [7, 11) is 0. The van der Waals surface area contributed by atoms with E-state index in [1.807, 2.05) is 0 Å². The SMILES string of the molecule is Br.CCCCCC[N+]12CC[N+](CCOc3cc(C(C)C)c(OCC[N+]45CC[N+](CCCCCC)(CC4)CC5)cc3C#Cc3ccc(C#CC(C)C)cc3)(CC1)CC2.[Br-].[Br-].[Br-]. The summed E-state index contributed by atoms with van der Waals surface area (Å²) in [5.41, 5.74) is 4.18. The van der Waals surface area contributed by atoms with E-state index < -0.39 is 0 Å². The van der Waals surface area contributed by atoms with Gasteiger partial charge in [0.2, 0.25) is 0 Å². The van der Waals surface area contributed by atoms with Crippen LogP contribution in [0.3, 0.4) is 0 Å². The van der Waals surface area contributed by atoms with Gasteiger partial charge in [-0.2, -0.15) is 0 Å². The van der Waals surface area contributed by atoms with Gasteiger partial charge in [-0.25, -0.2) is 0 Å². The minimum absolute atomic E-state index is 0. The van der Waals surface area contributed by atoms with Gasteiger partial charge in [0, 0.05) is 22.6 Å². The summed E-state index contributed by atoms with van der Waals surface area (Å²) in [6, 6.07) is 12.8. The van der Waals surface area contributed by atoms with Crippen LogP contribution >= 0.6 is 17.0 Å². The van der Waals surface area contributed by atoms with Gasteiger partial charge in [0.05, 0.1) is 18.7 Å². The molecule has 10 heteroatoms. The molecule has 6 aliphatic heterocycles. The Kier molecular flexibility index (Phi) is 23.9. The second kappa shape index (κ2) is 26.0. The molecule has 0 unspecified atom stereocenters. The lowest BCUT2D eigenvalue weighted by Gasteiger charge is -2.55. The predicted octanol–water partition coefficient (Wildman–Crippen LogP) is 0.0470. The van der Waals surface area contributed by atoms with Crippen LogP contribution in [-0.2, 0) is 0 Å². The van der Waals surface area contributed by atoms with Crippen LogP contribution in [-0.4, -0.2) is 136 Å². The van der Waals surface area contributed by atoms with Gasteiger partial charge >= 0.3 is 0 Å². The van der Waals surface area contributed by atoms with Crippen molar-refractivity contribution in [1.82, 2.24) is 0 Å². The lowest BCUT2D eigenvalue weighted by Crippen LogP contribution is -3.00. The van der Waals surface area contributed by atoms with Crippen LogP contribution in [0, 0.1) is 29.6 Å². The molecule has 8 rings (SSSR count). The molecule has 4 bridgehead atoms. The standard InChI is InChI=1S/C50H78N4O2.4BrH/c1-7-9-11-13-23-51-25-31-53(32-26-51,33-27-51)37-39-55-49-42-48(44(5)6)50(41-47(49)22-21-46-19-17-45(18-20-46)16-15-43(3)4)56-40-38-54-34-28-52(29-35-54,30-36-54)24-14-12-10-8-2;;;;/h17-20,41-44H,7-14,23-40H2,1-6H3;4*1H/q+4;;;;/p-3. The molecule has 338 valence electrons. The zero-order valence-corrected chi connectivity index (χ0v) is 44.6. The zero-order chi connectivity index (χ0) is 39.5. The van der Waals surface area contributed by atoms with Gasteiger partial charge in [0.1, 0.15) is 116 Å². The maximum atomic E-state index is 6.80. The van der Waals surface area contributed by atoms with E-state index in [9.17, 15) is 0 Å². The Labute approximate surface area is 408 Å². The van der Waals surface area contributed by atoms with Gasteiger partial charge in [-0.15, -0.1) is 17.0 Å². The first-order chi connectivity index (χ1) is 27.1. The summed E-state index contributed by atoms with van der Waals surface area (Å²) in [6.07, 6.45) is 11.0. The first-order valence-electron chi connectivity index (χ1n) is 23.1. The highest BCUT2D eigenvalue weighted by Gasteiger charge is 2.49. The lowest BCUT2D eigenvalue weighted by atomic mass is 9.99. The molecule has 0 saturated carbocycles. The topological polar surface area (TPSA) is 18.5 Å². The fraction of sp³-hybridized carbons (Fsp3) is 0.680. The molecule has 0 aliphatic carbocycles. The summed E-state index contributed by atoms with van der Waals surface area (Å²) in [6.45, 7) is 35.7. The normalized spacial score (nSPS) is 24.7. The van der Waals surface area contributed by atoms with E-state index in [1.165, 1.54) is 166 Å². The molecular formula is C50H79Br4N4O2+. The maximum absolute atomic E-state index is 6.80. The van der Waals surface area contributed by atoms with Crippen LogP contribution in [0.5, 0.6) is 11.5 Å². The van der Waals surface area contributed by atoms with E-state index in [0.29, 0.717) is 11.8 Å². The molecular weight excluding hydrogens is 1010 g/mol. The Bertz CT molecular complexity index is 1660. The van der Waals surface area contributed by atoms with Gasteiger partial charge in [-0.1, -0.05) is 90.9 Å². The summed E-state index contributed by atoms with van der Waals surface area (Å²) < 4.78 is 18.8. The first kappa shape index (κ1) is 55.1. The largest absolute Gasteiger partial charge is 1.00 e. The molecule has 6 heterocycles. The quantitative estimate of drug-likeness (QED) is 0.113. The van der Waals surface area contributed by atoms with Gasteiger partial charge in [-0.05, 0) is 68.0 Å². The van der Waals surface area contributed by atoms with E-state index in [2.05, 4.69) is 102 Å². The maximum Gasteiger partial charge on any atom is 0.137 e. The van der Waals surface area contributed by atoms with Crippen LogP contribution in [0.2, 0.25) is 0 Å². The number of nitrogens with zero attached hydrogens (tertiary/aromatic N) is 4. The number of piperazine rings is 6. The minimum Gasteiger partial charge on any atom is -1.00 e. The zero-order valence-electron chi connectivity index (χ0n) is 38.2. The van der Waals surface area contributed by atoms with Crippen molar-refractivity contribution in [3.05, 3.63) is 58.7 Å². The fourth-order valence-corrected chi connectivity index (χ4v) is 10.0.